The van der Waals surface area contributed by atoms with Gasteiger partial charge in [0.2, 0.25) is 0 Å². The number of nitrogens with zero attached hydrogens (tertiary/aromatic N) is 1. The summed E-state index contributed by atoms with van der Waals surface area (Å²) in [6.45, 7) is -0.0574. The number of hydrogen-bond acceptors (Lipinski definition) is 3. The van der Waals surface area contributed by atoms with Gasteiger partial charge in [0.05, 0.1) is 6.10 Å². The zero-order chi connectivity index (χ0) is 14.0. The Morgan fingerprint density at radius 2 is 2.16 bits per heavy atom. The van der Waals surface area contributed by atoms with Crippen LogP contribution >= 0.6 is 0 Å². The number of carbonyl (C=O) groups excluding carboxylic acids is 1. The molecule has 6 nitrogen and oxygen atoms in total. The van der Waals surface area contributed by atoms with E-state index in [-0.39, 0.29) is 18.7 Å². The Kier molecular flexibility index (Phi) is 3.66. The Labute approximate surface area is 108 Å². The van der Waals surface area contributed by atoms with Crippen LogP contribution in [0.15, 0.2) is 24.3 Å². The number of urea groups is 1. The minimum atomic E-state index is -1.18. The molecule has 0 aromatic heterocycles. The van der Waals surface area contributed by atoms with Crippen molar-refractivity contribution in [2.24, 2.45) is 0 Å². The standard InChI is InChI=1S/C12H13FN2O4/c13-7-2-1-3-8(4-7)14-12(19)15-6-9(16)5-10(15)11(17)18/h1-4,9-10,16H,5-6H2,(H,14,19)(H,17,18)/t9?,10-/m0/s1. The van der Waals surface area contributed by atoms with Crippen LogP contribution < -0.4 is 5.32 Å². The quantitative estimate of drug-likeness (QED) is 0.742. The summed E-state index contributed by atoms with van der Waals surface area (Å²) < 4.78 is 13.0. The predicted molar refractivity (Wildman–Crippen MR) is 64.2 cm³/mol. The molecule has 102 valence electrons. The van der Waals surface area contributed by atoms with Crippen LogP contribution in [0, 0.1) is 5.82 Å². The average Bonchev–Trinajstić information content (AvgIpc) is 2.71. The number of rotatable bonds is 2. The van der Waals surface area contributed by atoms with E-state index in [0.717, 1.165) is 11.0 Å². The predicted octanol–water partition coefficient (Wildman–Crippen LogP) is 0.877. The molecule has 0 aliphatic carbocycles. The Morgan fingerprint density at radius 1 is 1.42 bits per heavy atom. The van der Waals surface area contributed by atoms with E-state index in [0.29, 0.717) is 0 Å². The van der Waals surface area contributed by atoms with E-state index in [1.54, 1.807) is 0 Å². The maximum Gasteiger partial charge on any atom is 0.326 e. The maximum absolute atomic E-state index is 13.0. The fraction of sp³-hybridized carbons (Fsp3) is 0.333. The summed E-state index contributed by atoms with van der Waals surface area (Å²) in [5.41, 5.74) is 0.232. The Hall–Kier alpha value is -2.15. The van der Waals surface area contributed by atoms with Crippen LogP contribution in [0.25, 0.3) is 0 Å². The highest BCUT2D eigenvalue weighted by Gasteiger charge is 2.38. The van der Waals surface area contributed by atoms with Gasteiger partial charge in [-0.1, -0.05) is 6.07 Å². The number of β-amino-alcohol motifs (C(OH)–C–C–N with tert-alkyl or cyclic N) is 1. The van der Waals surface area contributed by atoms with Crippen molar-refractivity contribution < 1.29 is 24.2 Å². The van der Waals surface area contributed by atoms with Crippen LogP contribution in [0.2, 0.25) is 0 Å². The number of carboxylic acid groups (broad SMARTS) is 1. The Morgan fingerprint density at radius 3 is 2.79 bits per heavy atom. The van der Waals surface area contributed by atoms with Crippen molar-refractivity contribution in [3.05, 3.63) is 30.1 Å². The first kappa shape index (κ1) is 13.3. The molecule has 1 heterocycles. The molecule has 1 aliphatic rings. The molecule has 0 bridgehead atoms. The molecule has 3 N–H and O–H groups in total. The third-order valence-corrected chi connectivity index (χ3v) is 2.90. The zero-order valence-corrected chi connectivity index (χ0v) is 9.91. The summed E-state index contributed by atoms with van der Waals surface area (Å²) >= 11 is 0. The minimum Gasteiger partial charge on any atom is -0.480 e. The largest absolute Gasteiger partial charge is 0.480 e. The average molecular weight is 268 g/mol. The smallest absolute Gasteiger partial charge is 0.326 e. The maximum atomic E-state index is 13.0. The van der Waals surface area contributed by atoms with E-state index in [2.05, 4.69) is 5.32 Å². The van der Waals surface area contributed by atoms with Crippen molar-refractivity contribution in [1.82, 2.24) is 4.90 Å². The number of hydrogen-bond donors (Lipinski definition) is 3. The van der Waals surface area contributed by atoms with Gasteiger partial charge in [-0.25, -0.2) is 14.0 Å². The summed E-state index contributed by atoms with van der Waals surface area (Å²) in [5.74, 6) is -1.68. The van der Waals surface area contributed by atoms with Gasteiger partial charge in [-0.2, -0.15) is 0 Å². The molecule has 0 spiro atoms. The highest BCUT2D eigenvalue weighted by atomic mass is 19.1. The van der Waals surface area contributed by atoms with Crippen molar-refractivity contribution in [1.29, 1.82) is 0 Å². The molecule has 0 saturated carbocycles. The third kappa shape index (κ3) is 3.00. The molecule has 2 rings (SSSR count). The first-order valence-corrected chi connectivity index (χ1v) is 5.71. The zero-order valence-electron chi connectivity index (χ0n) is 9.91. The normalized spacial score (nSPS) is 22.3. The highest BCUT2D eigenvalue weighted by Crippen LogP contribution is 2.20. The SMILES string of the molecule is O=C(O)[C@@H]1CC(O)CN1C(=O)Nc1cccc(F)c1. The summed E-state index contributed by atoms with van der Waals surface area (Å²) in [7, 11) is 0. The fourth-order valence-corrected chi connectivity index (χ4v) is 2.03. The van der Waals surface area contributed by atoms with Crippen molar-refractivity contribution in [2.75, 3.05) is 11.9 Å². The number of carbonyl (C=O) groups is 2. The van der Waals surface area contributed by atoms with E-state index in [1.807, 2.05) is 0 Å². The molecule has 2 amide bonds. The lowest BCUT2D eigenvalue weighted by atomic mass is 10.2. The van der Waals surface area contributed by atoms with Crippen LogP contribution in [0.1, 0.15) is 6.42 Å². The molecule has 1 aromatic rings. The van der Waals surface area contributed by atoms with Gasteiger partial charge in [0, 0.05) is 18.7 Å². The van der Waals surface area contributed by atoms with Crippen molar-refractivity contribution in [3.63, 3.8) is 0 Å². The highest BCUT2D eigenvalue weighted by molar-refractivity contribution is 5.92. The van der Waals surface area contributed by atoms with E-state index in [9.17, 15) is 19.1 Å². The molecule has 1 fully saturated rings. The number of likely N-dealkylation sites (tertiary alicyclic amines) is 1. The summed E-state index contributed by atoms with van der Waals surface area (Å²) in [6.07, 6.45) is -0.870. The first-order chi connectivity index (χ1) is 8.97. The van der Waals surface area contributed by atoms with E-state index in [4.69, 9.17) is 5.11 Å². The molecule has 19 heavy (non-hydrogen) atoms. The van der Waals surface area contributed by atoms with Gasteiger partial charge in [0.25, 0.3) is 0 Å². The number of anilines is 1. The van der Waals surface area contributed by atoms with Crippen LogP contribution in [0.4, 0.5) is 14.9 Å². The molecular formula is C12H13FN2O4. The Bertz CT molecular complexity index is 508. The van der Waals surface area contributed by atoms with Gasteiger partial charge in [0.15, 0.2) is 0 Å². The lowest BCUT2D eigenvalue weighted by molar-refractivity contribution is -0.141. The number of aliphatic hydroxyl groups is 1. The van der Waals surface area contributed by atoms with Gasteiger partial charge in [-0.05, 0) is 18.2 Å². The molecular weight excluding hydrogens is 255 g/mol. The van der Waals surface area contributed by atoms with E-state index >= 15 is 0 Å². The second-order valence-corrected chi connectivity index (χ2v) is 4.34. The minimum absolute atomic E-state index is 0.00803. The summed E-state index contributed by atoms with van der Waals surface area (Å²) in [5, 5.41) is 20.8. The lowest BCUT2D eigenvalue weighted by Gasteiger charge is -2.21. The summed E-state index contributed by atoms with van der Waals surface area (Å²) in [6, 6.07) is 3.54. The first-order valence-electron chi connectivity index (χ1n) is 5.71. The molecule has 7 heteroatoms. The second kappa shape index (κ2) is 5.23. The van der Waals surface area contributed by atoms with E-state index in [1.165, 1.54) is 18.2 Å². The van der Waals surface area contributed by atoms with Gasteiger partial charge in [-0.15, -0.1) is 0 Å². The van der Waals surface area contributed by atoms with Crippen molar-refractivity contribution in [2.45, 2.75) is 18.6 Å². The lowest BCUT2D eigenvalue weighted by Crippen LogP contribution is -2.43. The van der Waals surface area contributed by atoms with Crippen molar-refractivity contribution >= 4 is 17.7 Å². The van der Waals surface area contributed by atoms with Crippen LogP contribution in [-0.4, -0.2) is 45.8 Å². The van der Waals surface area contributed by atoms with Gasteiger partial charge in [-0.3, -0.25) is 0 Å². The number of aliphatic hydroxyl groups excluding tert-OH is 1. The number of carboxylic acids is 1. The van der Waals surface area contributed by atoms with Gasteiger partial charge >= 0.3 is 12.0 Å². The van der Waals surface area contributed by atoms with Crippen LogP contribution in [0.5, 0.6) is 0 Å². The number of aliphatic carboxylic acids is 1. The van der Waals surface area contributed by atoms with Gasteiger partial charge in [0.1, 0.15) is 11.9 Å². The molecule has 1 aliphatic heterocycles. The number of benzene rings is 1. The van der Waals surface area contributed by atoms with Gasteiger partial charge < -0.3 is 20.4 Å². The number of halogens is 1. The molecule has 0 radical (unpaired) electrons. The number of amides is 2. The topological polar surface area (TPSA) is 89.9 Å². The third-order valence-electron chi connectivity index (χ3n) is 2.90. The fourth-order valence-electron chi connectivity index (χ4n) is 2.03. The molecule has 1 saturated heterocycles. The molecule has 1 aromatic carbocycles. The second-order valence-electron chi connectivity index (χ2n) is 4.34. The summed E-state index contributed by atoms with van der Waals surface area (Å²) in [4.78, 5) is 23.9. The monoisotopic (exact) mass is 268 g/mol. The van der Waals surface area contributed by atoms with E-state index < -0.39 is 30.0 Å². The molecule has 1 unspecified atom stereocenters. The molecule has 2 atom stereocenters. The Balaban J connectivity index is 2.09. The van der Waals surface area contributed by atoms with Crippen molar-refractivity contribution in [3.8, 4) is 0 Å². The van der Waals surface area contributed by atoms with Crippen LogP contribution in [0.3, 0.4) is 0 Å². The van der Waals surface area contributed by atoms with Crippen LogP contribution in [-0.2, 0) is 4.79 Å². The number of nitrogens with one attached hydrogen (secondary N) is 1.